The van der Waals surface area contributed by atoms with Crippen molar-refractivity contribution in [3.63, 3.8) is 0 Å². The molecule has 0 fully saturated rings. The summed E-state index contributed by atoms with van der Waals surface area (Å²) in [5, 5.41) is 6.86. The fraction of sp³-hybridized carbons (Fsp3) is 0.714. The second-order valence-corrected chi connectivity index (χ2v) is 2.83. The maximum absolute atomic E-state index is 4.58. The second-order valence-electron chi connectivity index (χ2n) is 2.83. The van der Waals surface area contributed by atoms with E-state index in [0.29, 0.717) is 12.4 Å². The minimum atomic E-state index is 0.671. The number of aromatic nitrogens is 2. The zero-order chi connectivity index (χ0) is 8.81. The van der Waals surface area contributed by atoms with Crippen LogP contribution >= 0.6 is 0 Å². The molecular formula is C7H14N4O. The first-order valence-corrected chi connectivity index (χ1v) is 3.90. The third kappa shape index (κ3) is 3.45. The van der Waals surface area contributed by atoms with Crippen LogP contribution in [0.5, 0.6) is 0 Å². The summed E-state index contributed by atoms with van der Waals surface area (Å²) in [4.78, 5) is 5.99. The standard InChI is InChI=1S/C7H14N4O/c1-11(2)4-3-8-5-7-9-6-12-10-7/h6,8H,3-5H2,1-2H3. The lowest BCUT2D eigenvalue weighted by Crippen LogP contribution is -2.26. The zero-order valence-corrected chi connectivity index (χ0v) is 7.45. The number of nitrogens with one attached hydrogen (secondary N) is 1. The Balaban J connectivity index is 2.04. The lowest BCUT2D eigenvalue weighted by Gasteiger charge is -2.08. The molecule has 1 aromatic heterocycles. The molecule has 0 spiro atoms. The van der Waals surface area contributed by atoms with Gasteiger partial charge in [-0.25, -0.2) is 0 Å². The van der Waals surface area contributed by atoms with Gasteiger partial charge in [0.25, 0.3) is 0 Å². The second kappa shape index (κ2) is 4.84. The molecule has 0 aliphatic rings. The quantitative estimate of drug-likeness (QED) is 0.616. The molecule has 1 rings (SSSR count). The van der Waals surface area contributed by atoms with E-state index in [4.69, 9.17) is 0 Å². The molecule has 1 heterocycles. The first kappa shape index (κ1) is 9.15. The van der Waals surface area contributed by atoms with Crippen molar-refractivity contribution >= 4 is 0 Å². The molecule has 0 unspecified atom stereocenters. The van der Waals surface area contributed by atoms with Crippen LogP contribution in [0, 0.1) is 0 Å². The molecule has 0 bridgehead atoms. The minimum absolute atomic E-state index is 0.671. The van der Waals surface area contributed by atoms with Gasteiger partial charge in [-0.1, -0.05) is 5.16 Å². The predicted octanol–water partition coefficient (Wildman–Crippen LogP) is -0.279. The van der Waals surface area contributed by atoms with Crippen LogP contribution in [0.15, 0.2) is 10.9 Å². The molecular weight excluding hydrogens is 156 g/mol. The van der Waals surface area contributed by atoms with Crippen LogP contribution in [-0.2, 0) is 6.54 Å². The number of hydrogen-bond acceptors (Lipinski definition) is 5. The normalized spacial score (nSPS) is 10.9. The Hall–Kier alpha value is -0.940. The molecule has 5 heteroatoms. The smallest absolute Gasteiger partial charge is 0.213 e. The van der Waals surface area contributed by atoms with E-state index >= 15 is 0 Å². The van der Waals surface area contributed by atoms with Gasteiger partial charge in [0.15, 0.2) is 5.82 Å². The average molecular weight is 170 g/mol. The van der Waals surface area contributed by atoms with Crippen molar-refractivity contribution in [1.29, 1.82) is 0 Å². The van der Waals surface area contributed by atoms with Crippen molar-refractivity contribution in [3.05, 3.63) is 12.2 Å². The van der Waals surface area contributed by atoms with Crippen molar-refractivity contribution in [2.45, 2.75) is 6.54 Å². The summed E-state index contributed by atoms with van der Waals surface area (Å²) in [7, 11) is 4.08. The summed E-state index contributed by atoms with van der Waals surface area (Å²) in [5.41, 5.74) is 0. The molecule has 0 aromatic carbocycles. The average Bonchev–Trinajstić information content (AvgIpc) is 2.49. The molecule has 0 aliphatic heterocycles. The lowest BCUT2D eigenvalue weighted by atomic mass is 10.5. The summed E-state index contributed by atoms with van der Waals surface area (Å²) in [6.45, 7) is 2.61. The third-order valence-corrected chi connectivity index (χ3v) is 1.43. The first-order valence-electron chi connectivity index (χ1n) is 3.90. The molecule has 0 amide bonds. The first-order chi connectivity index (χ1) is 5.79. The van der Waals surface area contributed by atoms with E-state index < -0.39 is 0 Å². The number of nitrogens with zero attached hydrogens (tertiary/aromatic N) is 3. The SMILES string of the molecule is CN(C)CCNCc1ncon1. The van der Waals surface area contributed by atoms with Crippen molar-refractivity contribution in [3.8, 4) is 0 Å². The van der Waals surface area contributed by atoms with Crippen LogP contribution in [-0.4, -0.2) is 42.2 Å². The predicted molar refractivity (Wildman–Crippen MR) is 44.6 cm³/mol. The summed E-state index contributed by atoms with van der Waals surface area (Å²) in [6.07, 6.45) is 1.34. The van der Waals surface area contributed by atoms with Gasteiger partial charge in [-0.05, 0) is 14.1 Å². The Morgan fingerprint density at radius 3 is 3.00 bits per heavy atom. The van der Waals surface area contributed by atoms with E-state index in [0.717, 1.165) is 13.1 Å². The highest BCUT2D eigenvalue weighted by Gasteiger charge is 1.96. The fourth-order valence-electron chi connectivity index (χ4n) is 0.773. The molecule has 0 aliphatic carbocycles. The lowest BCUT2D eigenvalue weighted by molar-refractivity contribution is 0.390. The van der Waals surface area contributed by atoms with Crippen LogP contribution in [0.1, 0.15) is 5.82 Å². The summed E-state index contributed by atoms with van der Waals surface area (Å²) < 4.78 is 4.58. The Morgan fingerprint density at radius 2 is 2.42 bits per heavy atom. The molecule has 0 saturated carbocycles. The Kier molecular flexibility index (Phi) is 3.69. The van der Waals surface area contributed by atoms with Crippen LogP contribution < -0.4 is 5.32 Å². The van der Waals surface area contributed by atoms with Gasteiger partial charge in [0.05, 0.1) is 6.54 Å². The molecule has 68 valence electrons. The Bertz CT molecular complexity index is 197. The highest BCUT2D eigenvalue weighted by molar-refractivity contribution is 4.75. The molecule has 0 radical (unpaired) electrons. The van der Waals surface area contributed by atoms with Crippen LogP contribution in [0.4, 0.5) is 0 Å². The van der Waals surface area contributed by atoms with Gasteiger partial charge < -0.3 is 14.7 Å². The summed E-state index contributed by atoms with van der Waals surface area (Å²) >= 11 is 0. The van der Waals surface area contributed by atoms with Gasteiger partial charge in [0, 0.05) is 13.1 Å². The highest BCUT2D eigenvalue weighted by Crippen LogP contribution is 1.85. The zero-order valence-electron chi connectivity index (χ0n) is 7.45. The van der Waals surface area contributed by atoms with E-state index in [2.05, 4.69) is 24.9 Å². The van der Waals surface area contributed by atoms with Crippen molar-refractivity contribution in [2.24, 2.45) is 0 Å². The maximum atomic E-state index is 4.58. The van der Waals surface area contributed by atoms with Gasteiger partial charge in [0.1, 0.15) is 0 Å². The Morgan fingerprint density at radius 1 is 1.58 bits per heavy atom. The molecule has 5 nitrogen and oxygen atoms in total. The van der Waals surface area contributed by atoms with E-state index in [9.17, 15) is 0 Å². The number of rotatable bonds is 5. The maximum Gasteiger partial charge on any atom is 0.213 e. The van der Waals surface area contributed by atoms with Crippen molar-refractivity contribution in [2.75, 3.05) is 27.2 Å². The van der Waals surface area contributed by atoms with E-state index in [1.165, 1.54) is 6.39 Å². The van der Waals surface area contributed by atoms with E-state index in [-0.39, 0.29) is 0 Å². The molecule has 1 aromatic rings. The van der Waals surface area contributed by atoms with Gasteiger partial charge >= 0.3 is 0 Å². The van der Waals surface area contributed by atoms with Crippen molar-refractivity contribution < 1.29 is 4.52 Å². The van der Waals surface area contributed by atoms with E-state index in [1.54, 1.807) is 0 Å². The minimum Gasteiger partial charge on any atom is -0.343 e. The molecule has 12 heavy (non-hydrogen) atoms. The molecule has 0 atom stereocenters. The van der Waals surface area contributed by atoms with E-state index in [1.807, 2.05) is 14.1 Å². The summed E-state index contributed by atoms with van der Waals surface area (Å²) in [6, 6.07) is 0. The summed E-state index contributed by atoms with van der Waals surface area (Å²) in [5.74, 6) is 0.703. The largest absolute Gasteiger partial charge is 0.343 e. The van der Waals surface area contributed by atoms with Gasteiger partial charge in [-0.2, -0.15) is 4.98 Å². The monoisotopic (exact) mass is 170 g/mol. The van der Waals surface area contributed by atoms with Gasteiger partial charge in [-0.15, -0.1) is 0 Å². The fourth-order valence-corrected chi connectivity index (χ4v) is 0.773. The van der Waals surface area contributed by atoms with Crippen LogP contribution in [0.3, 0.4) is 0 Å². The topological polar surface area (TPSA) is 54.2 Å². The molecule has 1 N–H and O–H groups in total. The van der Waals surface area contributed by atoms with Gasteiger partial charge in [-0.3, -0.25) is 0 Å². The van der Waals surface area contributed by atoms with Crippen LogP contribution in [0.2, 0.25) is 0 Å². The number of hydrogen-bond donors (Lipinski definition) is 1. The highest BCUT2D eigenvalue weighted by atomic mass is 16.5. The van der Waals surface area contributed by atoms with Crippen LogP contribution in [0.25, 0.3) is 0 Å². The number of likely N-dealkylation sites (N-methyl/N-ethyl adjacent to an activating group) is 1. The third-order valence-electron chi connectivity index (χ3n) is 1.43. The van der Waals surface area contributed by atoms with Crippen molar-refractivity contribution in [1.82, 2.24) is 20.4 Å². The Labute approximate surface area is 71.8 Å². The molecule has 0 saturated heterocycles. The van der Waals surface area contributed by atoms with Gasteiger partial charge in [0.2, 0.25) is 6.39 Å².